The molecule has 0 saturated heterocycles. The summed E-state index contributed by atoms with van der Waals surface area (Å²) in [4.78, 5) is 25.4. The molecule has 2 rings (SSSR count). The lowest BCUT2D eigenvalue weighted by atomic mass is 10.2. The average molecular weight is 218 g/mol. The van der Waals surface area contributed by atoms with Gasteiger partial charge in [0.2, 0.25) is 0 Å². The Morgan fingerprint density at radius 3 is 2.75 bits per heavy atom. The average Bonchev–Trinajstić information content (AvgIpc) is 2.28. The Bertz CT molecular complexity index is 616. The minimum atomic E-state index is -0.665. The van der Waals surface area contributed by atoms with Gasteiger partial charge in [-0.05, 0) is 12.1 Å². The van der Waals surface area contributed by atoms with Crippen LogP contribution in [0, 0.1) is 0 Å². The highest BCUT2D eigenvalue weighted by Gasteiger charge is 2.06. The fourth-order valence-corrected chi connectivity index (χ4v) is 1.49. The van der Waals surface area contributed by atoms with E-state index in [9.17, 15) is 9.59 Å². The van der Waals surface area contributed by atoms with Crippen molar-refractivity contribution in [2.24, 2.45) is 5.73 Å². The van der Waals surface area contributed by atoms with Crippen LogP contribution >= 0.6 is 0 Å². The second-order valence-corrected chi connectivity index (χ2v) is 3.32. The maximum Gasteiger partial charge on any atom is 0.265 e. The number of nitrogens with one attached hydrogen (secondary N) is 1. The molecule has 1 heterocycles. The summed E-state index contributed by atoms with van der Waals surface area (Å²) in [5.74, 6) is -0.0633. The number of benzene rings is 1. The Balaban J connectivity index is 2.78. The van der Waals surface area contributed by atoms with Crippen molar-refractivity contribution >= 4 is 16.8 Å². The molecule has 0 atom stereocenters. The first-order valence-electron chi connectivity index (χ1n) is 4.62. The second-order valence-electron chi connectivity index (χ2n) is 3.32. The van der Waals surface area contributed by atoms with Gasteiger partial charge in [-0.2, -0.15) is 0 Å². The molecular weight excluding hydrogens is 208 g/mol. The van der Waals surface area contributed by atoms with Crippen molar-refractivity contribution in [3.8, 4) is 5.75 Å². The quantitative estimate of drug-likeness (QED) is 0.775. The van der Waals surface area contributed by atoms with Gasteiger partial charge in [0.05, 0.1) is 12.6 Å². The Labute approximate surface area is 90.8 Å². The number of hydrogen-bond acceptors (Lipinski definition) is 3. The highest BCUT2D eigenvalue weighted by atomic mass is 16.5. The van der Waals surface area contributed by atoms with E-state index >= 15 is 0 Å². The Hall–Kier alpha value is -2.30. The third kappa shape index (κ3) is 1.63. The first-order chi connectivity index (χ1) is 7.61. The maximum absolute atomic E-state index is 11.6. The maximum atomic E-state index is 11.6. The second kappa shape index (κ2) is 3.69. The van der Waals surface area contributed by atoms with Gasteiger partial charge in [-0.3, -0.25) is 9.59 Å². The van der Waals surface area contributed by atoms with Crippen LogP contribution in [0.4, 0.5) is 0 Å². The number of rotatable bonds is 2. The van der Waals surface area contributed by atoms with E-state index in [0.29, 0.717) is 16.7 Å². The molecule has 5 nitrogen and oxygen atoms in total. The van der Waals surface area contributed by atoms with E-state index in [-0.39, 0.29) is 11.1 Å². The van der Waals surface area contributed by atoms with Crippen LogP contribution in [-0.4, -0.2) is 18.0 Å². The number of ether oxygens (including phenoxy) is 1. The molecule has 1 amide bonds. The van der Waals surface area contributed by atoms with Gasteiger partial charge >= 0.3 is 0 Å². The van der Waals surface area contributed by atoms with Crippen LogP contribution in [0.25, 0.3) is 10.9 Å². The number of pyridine rings is 1. The smallest absolute Gasteiger partial charge is 0.265 e. The topological polar surface area (TPSA) is 85.2 Å². The predicted octanol–water partition coefficient (Wildman–Crippen LogP) is 0.636. The number of primary amides is 1. The molecular formula is C11H10N2O3. The summed E-state index contributed by atoms with van der Waals surface area (Å²) in [6.07, 6.45) is 0. The SMILES string of the molecule is COc1ccc2c(=O)cc(C(N)=O)[nH]c2c1. The summed E-state index contributed by atoms with van der Waals surface area (Å²) < 4.78 is 5.02. The van der Waals surface area contributed by atoms with Crippen molar-refractivity contribution < 1.29 is 9.53 Å². The summed E-state index contributed by atoms with van der Waals surface area (Å²) in [7, 11) is 1.53. The summed E-state index contributed by atoms with van der Waals surface area (Å²) in [6, 6.07) is 6.15. The van der Waals surface area contributed by atoms with Gasteiger partial charge < -0.3 is 15.5 Å². The molecule has 82 valence electrons. The lowest BCUT2D eigenvalue weighted by Crippen LogP contribution is -2.16. The molecule has 0 bridgehead atoms. The zero-order valence-electron chi connectivity index (χ0n) is 8.61. The lowest BCUT2D eigenvalue weighted by Gasteiger charge is -2.03. The molecule has 1 aromatic carbocycles. The predicted molar refractivity (Wildman–Crippen MR) is 59.6 cm³/mol. The van der Waals surface area contributed by atoms with Gasteiger partial charge in [0, 0.05) is 17.5 Å². The Kier molecular flexibility index (Phi) is 2.36. The molecule has 0 aliphatic carbocycles. The highest BCUT2D eigenvalue weighted by molar-refractivity contribution is 5.93. The number of aromatic nitrogens is 1. The molecule has 0 aliphatic rings. The number of carbonyl (C=O) groups excluding carboxylic acids is 1. The zero-order valence-corrected chi connectivity index (χ0v) is 8.61. The van der Waals surface area contributed by atoms with Crippen molar-refractivity contribution in [1.29, 1.82) is 0 Å². The van der Waals surface area contributed by atoms with Crippen LogP contribution in [-0.2, 0) is 0 Å². The molecule has 16 heavy (non-hydrogen) atoms. The normalized spacial score (nSPS) is 10.3. The van der Waals surface area contributed by atoms with Crippen LogP contribution in [0.1, 0.15) is 10.5 Å². The zero-order chi connectivity index (χ0) is 11.7. The number of carbonyl (C=O) groups is 1. The largest absolute Gasteiger partial charge is 0.497 e. The highest BCUT2D eigenvalue weighted by Crippen LogP contribution is 2.16. The number of amides is 1. The van der Waals surface area contributed by atoms with Crippen LogP contribution in [0.2, 0.25) is 0 Å². The summed E-state index contributed by atoms with van der Waals surface area (Å²) in [6.45, 7) is 0. The number of nitrogens with two attached hydrogens (primary N) is 1. The van der Waals surface area contributed by atoms with E-state index in [4.69, 9.17) is 10.5 Å². The number of methoxy groups -OCH3 is 1. The minimum Gasteiger partial charge on any atom is -0.497 e. The van der Waals surface area contributed by atoms with Crippen LogP contribution in [0.5, 0.6) is 5.75 Å². The van der Waals surface area contributed by atoms with Gasteiger partial charge in [0.25, 0.3) is 5.91 Å². The van der Waals surface area contributed by atoms with Crippen molar-refractivity contribution in [3.05, 3.63) is 40.2 Å². The Morgan fingerprint density at radius 2 is 2.12 bits per heavy atom. The Morgan fingerprint density at radius 1 is 1.38 bits per heavy atom. The number of fused-ring (bicyclic) bond motifs is 1. The number of hydrogen-bond donors (Lipinski definition) is 2. The number of aromatic amines is 1. The first-order valence-corrected chi connectivity index (χ1v) is 4.62. The summed E-state index contributed by atoms with van der Waals surface area (Å²) in [5, 5.41) is 0.491. The van der Waals surface area contributed by atoms with E-state index in [1.807, 2.05) is 0 Å². The first kappa shape index (κ1) is 10.2. The van der Waals surface area contributed by atoms with E-state index in [1.54, 1.807) is 18.2 Å². The molecule has 1 aromatic heterocycles. The minimum absolute atomic E-state index is 0.0887. The molecule has 0 spiro atoms. The molecule has 0 unspecified atom stereocenters. The molecule has 0 saturated carbocycles. The van der Waals surface area contributed by atoms with E-state index in [0.717, 1.165) is 0 Å². The van der Waals surface area contributed by atoms with Crippen LogP contribution in [0.15, 0.2) is 29.1 Å². The van der Waals surface area contributed by atoms with E-state index in [1.165, 1.54) is 13.2 Å². The fraction of sp³-hybridized carbons (Fsp3) is 0.0909. The number of H-pyrrole nitrogens is 1. The third-order valence-corrected chi connectivity index (χ3v) is 2.30. The monoisotopic (exact) mass is 218 g/mol. The molecule has 0 fully saturated rings. The van der Waals surface area contributed by atoms with E-state index in [2.05, 4.69) is 4.98 Å². The molecule has 3 N–H and O–H groups in total. The third-order valence-electron chi connectivity index (χ3n) is 2.30. The van der Waals surface area contributed by atoms with Crippen molar-refractivity contribution in [2.45, 2.75) is 0 Å². The molecule has 0 radical (unpaired) electrons. The van der Waals surface area contributed by atoms with Gasteiger partial charge in [0.1, 0.15) is 11.4 Å². The molecule has 5 heteroatoms. The van der Waals surface area contributed by atoms with Crippen molar-refractivity contribution in [2.75, 3.05) is 7.11 Å². The summed E-state index contributed by atoms with van der Waals surface area (Å²) in [5.41, 5.74) is 5.48. The van der Waals surface area contributed by atoms with Crippen LogP contribution in [0.3, 0.4) is 0 Å². The van der Waals surface area contributed by atoms with Gasteiger partial charge in [-0.25, -0.2) is 0 Å². The van der Waals surface area contributed by atoms with Gasteiger partial charge in [-0.15, -0.1) is 0 Å². The standard InChI is InChI=1S/C11H10N2O3/c1-16-6-2-3-7-8(4-6)13-9(11(12)15)5-10(7)14/h2-5H,1H3,(H2,12,15)(H,13,14). The van der Waals surface area contributed by atoms with Crippen molar-refractivity contribution in [3.63, 3.8) is 0 Å². The molecule has 2 aromatic rings. The van der Waals surface area contributed by atoms with Gasteiger partial charge in [0.15, 0.2) is 5.43 Å². The lowest BCUT2D eigenvalue weighted by molar-refractivity contribution is 0.0996. The van der Waals surface area contributed by atoms with Gasteiger partial charge in [-0.1, -0.05) is 0 Å². The van der Waals surface area contributed by atoms with Crippen LogP contribution < -0.4 is 15.9 Å². The fourth-order valence-electron chi connectivity index (χ4n) is 1.49. The summed E-state index contributed by atoms with van der Waals surface area (Å²) >= 11 is 0. The van der Waals surface area contributed by atoms with Crippen molar-refractivity contribution in [1.82, 2.24) is 4.98 Å². The van der Waals surface area contributed by atoms with E-state index < -0.39 is 5.91 Å². The molecule has 0 aliphatic heterocycles.